The van der Waals surface area contributed by atoms with Crippen molar-refractivity contribution in [3.63, 3.8) is 0 Å². The number of hydrogen-bond donors (Lipinski definition) is 0. The van der Waals surface area contributed by atoms with E-state index in [-0.39, 0.29) is 5.91 Å². The van der Waals surface area contributed by atoms with Crippen LogP contribution in [-0.2, 0) is 6.54 Å². The molecule has 0 atom stereocenters. The monoisotopic (exact) mass is 258 g/mol. The fourth-order valence-electron chi connectivity index (χ4n) is 1.87. The van der Waals surface area contributed by atoms with Gasteiger partial charge in [0.1, 0.15) is 0 Å². The number of aryl methyl sites for hydroxylation is 1. The zero-order chi connectivity index (χ0) is 13.8. The minimum atomic E-state index is -0.643. The van der Waals surface area contributed by atoms with Gasteiger partial charge in [0.05, 0.1) is 0 Å². The van der Waals surface area contributed by atoms with Crippen molar-refractivity contribution < 1.29 is 9.18 Å². The summed E-state index contributed by atoms with van der Waals surface area (Å²) in [5.74, 6) is -0.861. The largest absolute Gasteiger partial charge is 0.337 e. The molecule has 0 saturated carbocycles. The van der Waals surface area contributed by atoms with E-state index in [9.17, 15) is 9.18 Å². The summed E-state index contributed by atoms with van der Waals surface area (Å²) in [4.78, 5) is 17.2. The van der Waals surface area contributed by atoms with Crippen molar-refractivity contribution in [2.24, 2.45) is 0 Å². The van der Waals surface area contributed by atoms with E-state index in [4.69, 9.17) is 0 Å². The molecule has 0 aliphatic carbocycles. The summed E-state index contributed by atoms with van der Waals surface area (Å²) in [7, 11) is 1.70. The molecule has 0 unspecified atom stereocenters. The summed E-state index contributed by atoms with van der Waals surface area (Å²) >= 11 is 0. The first kappa shape index (κ1) is 13.2. The van der Waals surface area contributed by atoms with Crippen LogP contribution in [0.25, 0.3) is 0 Å². The number of amides is 1. The Bertz CT molecular complexity index is 598. The van der Waals surface area contributed by atoms with Crippen molar-refractivity contribution in [3.8, 4) is 0 Å². The number of benzene rings is 1. The molecule has 0 saturated heterocycles. The van der Waals surface area contributed by atoms with E-state index >= 15 is 0 Å². The van der Waals surface area contributed by atoms with Crippen molar-refractivity contribution >= 4 is 5.91 Å². The van der Waals surface area contributed by atoms with Gasteiger partial charge in [-0.2, -0.15) is 4.39 Å². The van der Waals surface area contributed by atoms with Crippen molar-refractivity contribution in [3.05, 3.63) is 65.2 Å². The van der Waals surface area contributed by atoms with Gasteiger partial charge in [0.2, 0.25) is 5.95 Å². The number of carbonyl (C=O) groups is 1. The first-order chi connectivity index (χ1) is 9.08. The molecule has 0 aliphatic heterocycles. The Labute approximate surface area is 111 Å². The molecule has 1 heterocycles. The molecule has 0 bridgehead atoms. The summed E-state index contributed by atoms with van der Waals surface area (Å²) in [5.41, 5.74) is 2.51. The number of pyridine rings is 1. The second kappa shape index (κ2) is 5.61. The highest BCUT2D eigenvalue weighted by Gasteiger charge is 2.13. The normalized spacial score (nSPS) is 10.3. The predicted octanol–water partition coefficient (Wildman–Crippen LogP) is 2.80. The maximum atomic E-state index is 13.0. The maximum Gasteiger partial charge on any atom is 0.254 e. The molecule has 0 aliphatic rings. The molecular weight excluding hydrogens is 243 g/mol. The molecule has 1 amide bonds. The van der Waals surface area contributed by atoms with Gasteiger partial charge >= 0.3 is 0 Å². The molecule has 2 aromatic rings. The first-order valence-corrected chi connectivity index (χ1v) is 5.99. The van der Waals surface area contributed by atoms with Crippen molar-refractivity contribution in [1.82, 2.24) is 9.88 Å². The Balaban J connectivity index is 2.14. The number of hydrogen-bond acceptors (Lipinski definition) is 2. The Hall–Kier alpha value is -2.23. The maximum absolute atomic E-state index is 13.0. The van der Waals surface area contributed by atoms with Crippen molar-refractivity contribution in [2.45, 2.75) is 13.5 Å². The molecule has 1 aromatic heterocycles. The Morgan fingerprint density at radius 2 is 2.05 bits per heavy atom. The highest BCUT2D eigenvalue weighted by Crippen LogP contribution is 2.12. The van der Waals surface area contributed by atoms with Crippen molar-refractivity contribution in [1.29, 1.82) is 0 Å². The van der Waals surface area contributed by atoms with E-state index < -0.39 is 5.95 Å². The number of rotatable bonds is 3. The first-order valence-electron chi connectivity index (χ1n) is 5.99. The van der Waals surface area contributed by atoms with E-state index in [1.165, 1.54) is 12.3 Å². The van der Waals surface area contributed by atoms with Crippen LogP contribution in [0, 0.1) is 12.9 Å². The lowest BCUT2D eigenvalue weighted by Gasteiger charge is -2.18. The van der Waals surface area contributed by atoms with E-state index in [0.29, 0.717) is 12.1 Å². The highest BCUT2D eigenvalue weighted by molar-refractivity contribution is 5.93. The van der Waals surface area contributed by atoms with Crippen LogP contribution in [0.5, 0.6) is 0 Å². The summed E-state index contributed by atoms with van der Waals surface area (Å²) in [5, 5.41) is 0. The average Bonchev–Trinajstić information content (AvgIpc) is 2.40. The van der Waals surface area contributed by atoms with E-state index in [1.807, 2.05) is 31.2 Å². The van der Waals surface area contributed by atoms with Gasteiger partial charge in [-0.15, -0.1) is 0 Å². The topological polar surface area (TPSA) is 33.2 Å². The predicted molar refractivity (Wildman–Crippen MR) is 71.2 cm³/mol. The van der Waals surface area contributed by atoms with Gasteiger partial charge in [-0.25, -0.2) is 4.98 Å². The molecule has 4 heteroatoms. The smallest absolute Gasteiger partial charge is 0.254 e. The molecule has 98 valence electrons. The van der Waals surface area contributed by atoms with Gasteiger partial charge in [0, 0.05) is 31.4 Å². The summed E-state index contributed by atoms with van der Waals surface area (Å²) < 4.78 is 13.0. The Morgan fingerprint density at radius 1 is 1.32 bits per heavy atom. The lowest BCUT2D eigenvalue weighted by atomic mass is 10.1. The van der Waals surface area contributed by atoms with Gasteiger partial charge in [-0.05, 0) is 24.1 Å². The number of halogens is 1. The van der Waals surface area contributed by atoms with E-state index in [2.05, 4.69) is 4.98 Å². The van der Waals surface area contributed by atoms with E-state index in [1.54, 1.807) is 11.9 Å². The van der Waals surface area contributed by atoms with Gasteiger partial charge in [0.15, 0.2) is 0 Å². The molecule has 1 aromatic carbocycles. The SMILES string of the molecule is Cc1ccccc1CN(C)C(=O)c1ccnc(F)c1. The van der Waals surface area contributed by atoms with E-state index in [0.717, 1.165) is 17.2 Å². The van der Waals surface area contributed by atoms with Gasteiger partial charge in [-0.3, -0.25) is 4.79 Å². The molecular formula is C15H15FN2O. The lowest BCUT2D eigenvalue weighted by Crippen LogP contribution is -2.26. The summed E-state index contributed by atoms with van der Waals surface area (Å²) in [6, 6.07) is 10.5. The van der Waals surface area contributed by atoms with Crippen LogP contribution in [-0.4, -0.2) is 22.8 Å². The average molecular weight is 258 g/mol. The van der Waals surface area contributed by atoms with Gasteiger partial charge in [-0.1, -0.05) is 24.3 Å². The molecule has 19 heavy (non-hydrogen) atoms. The standard InChI is InChI=1S/C15H15FN2O/c1-11-5-3-4-6-13(11)10-18(2)15(19)12-7-8-17-14(16)9-12/h3-9H,10H2,1-2H3. The van der Waals surface area contributed by atoms with Crippen LogP contribution in [0.3, 0.4) is 0 Å². The fourth-order valence-corrected chi connectivity index (χ4v) is 1.87. The number of aromatic nitrogens is 1. The minimum Gasteiger partial charge on any atom is -0.337 e. The summed E-state index contributed by atoms with van der Waals surface area (Å²) in [6.07, 6.45) is 1.30. The third kappa shape index (κ3) is 3.16. The molecule has 0 radical (unpaired) electrons. The Kier molecular flexibility index (Phi) is 3.90. The minimum absolute atomic E-state index is 0.218. The summed E-state index contributed by atoms with van der Waals surface area (Å²) in [6.45, 7) is 2.50. The second-order valence-corrected chi connectivity index (χ2v) is 4.45. The molecule has 2 rings (SSSR count). The molecule has 0 spiro atoms. The van der Waals surface area contributed by atoms with Crippen molar-refractivity contribution in [2.75, 3.05) is 7.05 Å². The van der Waals surface area contributed by atoms with Gasteiger partial charge in [0.25, 0.3) is 5.91 Å². The fraction of sp³-hybridized carbons (Fsp3) is 0.200. The van der Waals surface area contributed by atoms with Gasteiger partial charge < -0.3 is 4.90 Å². The van der Waals surface area contributed by atoms with Crippen LogP contribution in [0.2, 0.25) is 0 Å². The zero-order valence-electron chi connectivity index (χ0n) is 10.9. The van der Waals surface area contributed by atoms with Crippen LogP contribution in [0.1, 0.15) is 21.5 Å². The molecule has 0 N–H and O–H groups in total. The molecule has 0 fully saturated rings. The zero-order valence-corrected chi connectivity index (χ0v) is 10.9. The number of nitrogens with zero attached hydrogens (tertiary/aromatic N) is 2. The highest BCUT2D eigenvalue weighted by atomic mass is 19.1. The third-order valence-corrected chi connectivity index (χ3v) is 2.99. The second-order valence-electron chi connectivity index (χ2n) is 4.45. The van der Waals surface area contributed by atoms with Crippen LogP contribution in [0.15, 0.2) is 42.6 Å². The number of carbonyl (C=O) groups excluding carboxylic acids is 1. The van der Waals surface area contributed by atoms with Crippen LogP contribution < -0.4 is 0 Å². The third-order valence-electron chi connectivity index (χ3n) is 2.99. The molecule has 3 nitrogen and oxygen atoms in total. The lowest BCUT2D eigenvalue weighted by molar-refractivity contribution is 0.0784. The van der Waals surface area contributed by atoms with Crippen LogP contribution >= 0.6 is 0 Å². The Morgan fingerprint density at radius 3 is 2.74 bits per heavy atom. The van der Waals surface area contributed by atoms with Crippen LogP contribution in [0.4, 0.5) is 4.39 Å². The quantitative estimate of drug-likeness (QED) is 0.793.